The van der Waals surface area contributed by atoms with Gasteiger partial charge in [0.05, 0.1) is 5.69 Å². The van der Waals surface area contributed by atoms with Gasteiger partial charge in [-0.2, -0.15) is 5.10 Å². The number of aryl methyl sites for hydroxylation is 2. The number of amides is 1. The van der Waals surface area contributed by atoms with Crippen LogP contribution in [0.2, 0.25) is 0 Å². The van der Waals surface area contributed by atoms with Gasteiger partial charge in [-0.25, -0.2) is 4.79 Å². The van der Waals surface area contributed by atoms with E-state index >= 15 is 0 Å². The Kier molecular flexibility index (Phi) is 4.92. The fourth-order valence-corrected chi connectivity index (χ4v) is 1.92. The molecule has 0 unspecified atom stereocenters. The summed E-state index contributed by atoms with van der Waals surface area (Å²) in [5.74, 6) is -1.44. The van der Waals surface area contributed by atoms with Crippen LogP contribution in [0.1, 0.15) is 50.8 Å². The van der Waals surface area contributed by atoms with Crippen molar-refractivity contribution in [3.05, 3.63) is 17.5 Å². The Balaban J connectivity index is 3.00. The van der Waals surface area contributed by atoms with Gasteiger partial charge in [0.25, 0.3) is 5.91 Å². The first-order valence-electron chi connectivity index (χ1n) is 6.81. The zero-order valence-electron chi connectivity index (χ0n) is 12.7. The van der Waals surface area contributed by atoms with E-state index in [1.54, 1.807) is 31.5 Å². The molecule has 0 radical (unpaired) electrons. The van der Waals surface area contributed by atoms with Gasteiger partial charge in [0.1, 0.15) is 11.7 Å². The van der Waals surface area contributed by atoms with E-state index in [1.807, 2.05) is 13.8 Å². The van der Waals surface area contributed by atoms with E-state index in [9.17, 15) is 14.7 Å². The molecule has 0 saturated heterocycles. The third-order valence-electron chi connectivity index (χ3n) is 3.11. The summed E-state index contributed by atoms with van der Waals surface area (Å²) in [5.41, 5.74) is 0.658. The minimum absolute atomic E-state index is 0.402. The molecule has 1 atom stereocenters. The molecule has 0 saturated carbocycles. The summed E-state index contributed by atoms with van der Waals surface area (Å²) < 4.78 is 1.59. The van der Waals surface area contributed by atoms with Crippen molar-refractivity contribution < 1.29 is 14.7 Å². The van der Waals surface area contributed by atoms with Gasteiger partial charge in [0.15, 0.2) is 0 Å². The van der Waals surface area contributed by atoms with E-state index in [-0.39, 0.29) is 0 Å². The first-order chi connectivity index (χ1) is 9.20. The van der Waals surface area contributed by atoms with E-state index in [4.69, 9.17) is 0 Å². The molecule has 0 spiro atoms. The quantitative estimate of drug-likeness (QED) is 0.860. The molecule has 0 aliphatic heterocycles. The van der Waals surface area contributed by atoms with Crippen LogP contribution in [0.3, 0.4) is 0 Å². The summed E-state index contributed by atoms with van der Waals surface area (Å²) in [6.07, 6.45) is 0.731. The molecule has 0 bridgehead atoms. The highest BCUT2D eigenvalue weighted by molar-refractivity contribution is 5.95. The van der Waals surface area contributed by atoms with E-state index in [1.165, 1.54) is 0 Å². The third kappa shape index (κ3) is 3.59. The van der Waals surface area contributed by atoms with Crippen LogP contribution in [0, 0.1) is 5.41 Å². The highest BCUT2D eigenvalue weighted by atomic mass is 16.4. The Morgan fingerprint density at radius 1 is 1.40 bits per heavy atom. The summed E-state index contributed by atoms with van der Waals surface area (Å²) in [4.78, 5) is 23.6. The normalized spacial score (nSPS) is 13.1. The van der Waals surface area contributed by atoms with Crippen molar-refractivity contribution in [1.29, 1.82) is 0 Å². The summed E-state index contributed by atoms with van der Waals surface area (Å²) in [6.45, 7) is 9.75. The summed E-state index contributed by atoms with van der Waals surface area (Å²) >= 11 is 0. The van der Waals surface area contributed by atoms with Crippen molar-refractivity contribution in [2.45, 2.75) is 53.6 Å². The smallest absolute Gasteiger partial charge is 0.326 e. The number of carboxylic acids is 1. The average molecular weight is 281 g/mol. The molecule has 1 heterocycles. The predicted molar refractivity (Wildman–Crippen MR) is 75.6 cm³/mol. The molecule has 1 aromatic heterocycles. The fraction of sp³-hybridized carbons (Fsp3) is 0.643. The van der Waals surface area contributed by atoms with E-state index in [2.05, 4.69) is 10.4 Å². The molecule has 1 amide bonds. The number of hydrogen-bond acceptors (Lipinski definition) is 3. The van der Waals surface area contributed by atoms with Crippen molar-refractivity contribution in [3.8, 4) is 0 Å². The second-order valence-corrected chi connectivity index (χ2v) is 5.80. The Bertz CT molecular complexity index is 500. The molecule has 0 aliphatic carbocycles. The molecule has 0 fully saturated rings. The number of carbonyl (C=O) groups excluding carboxylic acids is 1. The van der Waals surface area contributed by atoms with Gasteiger partial charge in [-0.15, -0.1) is 0 Å². The minimum atomic E-state index is -1.04. The lowest BCUT2D eigenvalue weighted by atomic mass is 9.86. The van der Waals surface area contributed by atoms with Crippen LogP contribution in [0.4, 0.5) is 0 Å². The van der Waals surface area contributed by atoms with Crippen LogP contribution < -0.4 is 5.32 Å². The molecule has 6 heteroatoms. The molecule has 0 aliphatic rings. The molecule has 0 aromatic carbocycles. The SMILES string of the molecule is CCc1cc(C(=O)N[C@H](C(=O)O)C(C)(C)C)n(CC)n1. The topological polar surface area (TPSA) is 84.2 Å². The molecular weight excluding hydrogens is 258 g/mol. The second-order valence-electron chi connectivity index (χ2n) is 5.80. The van der Waals surface area contributed by atoms with E-state index in [0.717, 1.165) is 12.1 Å². The highest BCUT2D eigenvalue weighted by Gasteiger charge is 2.33. The number of aromatic nitrogens is 2. The summed E-state index contributed by atoms with van der Waals surface area (Å²) in [6, 6.07) is 0.765. The number of rotatable bonds is 5. The summed E-state index contributed by atoms with van der Waals surface area (Å²) in [7, 11) is 0. The number of carbonyl (C=O) groups is 2. The number of carboxylic acid groups (broad SMARTS) is 1. The minimum Gasteiger partial charge on any atom is -0.480 e. The molecule has 1 rings (SSSR count). The van der Waals surface area contributed by atoms with Gasteiger partial charge in [0.2, 0.25) is 0 Å². The van der Waals surface area contributed by atoms with E-state index < -0.39 is 23.3 Å². The monoisotopic (exact) mass is 281 g/mol. The lowest BCUT2D eigenvalue weighted by Gasteiger charge is -2.27. The molecule has 2 N–H and O–H groups in total. The highest BCUT2D eigenvalue weighted by Crippen LogP contribution is 2.20. The molecule has 6 nitrogen and oxygen atoms in total. The van der Waals surface area contributed by atoms with Crippen molar-refractivity contribution in [2.75, 3.05) is 0 Å². The van der Waals surface area contributed by atoms with Crippen molar-refractivity contribution in [1.82, 2.24) is 15.1 Å². The van der Waals surface area contributed by atoms with Crippen LogP contribution in [0.5, 0.6) is 0 Å². The second kappa shape index (κ2) is 6.07. The van der Waals surface area contributed by atoms with Crippen molar-refractivity contribution in [3.63, 3.8) is 0 Å². The first kappa shape index (κ1) is 16.2. The van der Waals surface area contributed by atoms with Gasteiger partial charge in [0, 0.05) is 6.54 Å². The lowest BCUT2D eigenvalue weighted by Crippen LogP contribution is -2.49. The fourth-order valence-electron chi connectivity index (χ4n) is 1.92. The van der Waals surface area contributed by atoms with Crippen LogP contribution in [0.25, 0.3) is 0 Å². The van der Waals surface area contributed by atoms with Gasteiger partial charge in [-0.3, -0.25) is 9.48 Å². The Morgan fingerprint density at radius 2 is 2.00 bits per heavy atom. The average Bonchev–Trinajstić information content (AvgIpc) is 2.77. The maximum atomic E-state index is 12.3. The lowest BCUT2D eigenvalue weighted by molar-refractivity contribution is -0.142. The van der Waals surface area contributed by atoms with Crippen LogP contribution in [-0.2, 0) is 17.8 Å². The van der Waals surface area contributed by atoms with Crippen molar-refractivity contribution in [2.24, 2.45) is 5.41 Å². The predicted octanol–water partition coefficient (Wildman–Crippen LogP) is 1.69. The molecule has 20 heavy (non-hydrogen) atoms. The van der Waals surface area contributed by atoms with Crippen molar-refractivity contribution >= 4 is 11.9 Å². The largest absolute Gasteiger partial charge is 0.480 e. The Labute approximate surface area is 119 Å². The molecular formula is C14H23N3O3. The number of nitrogens with zero attached hydrogens (tertiary/aromatic N) is 2. The molecule has 112 valence electrons. The Hall–Kier alpha value is -1.85. The Morgan fingerprint density at radius 3 is 2.40 bits per heavy atom. The standard InChI is InChI=1S/C14H23N3O3/c1-6-9-8-10(17(7-2)16-9)12(18)15-11(13(19)20)14(3,4)5/h8,11H,6-7H2,1-5H3,(H,15,18)(H,19,20)/t11-/m1/s1. The van der Waals surface area contributed by atoms with Gasteiger partial charge >= 0.3 is 5.97 Å². The van der Waals surface area contributed by atoms with Crippen LogP contribution in [0.15, 0.2) is 6.07 Å². The maximum Gasteiger partial charge on any atom is 0.326 e. The zero-order chi connectivity index (χ0) is 15.5. The number of aliphatic carboxylic acids is 1. The van der Waals surface area contributed by atoms with Gasteiger partial charge in [-0.1, -0.05) is 27.7 Å². The van der Waals surface area contributed by atoms with Crippen LogP contribution >= 0.6 is 0 Å². The number of nitrogens with one attached hydrogen (secondary N) is 1. The van der Waals surface area contributed by atoms with E-state index in [0.29, 0.717) is 12.2 Å². The first-order valence-corrected chi connectivity index (χ1v) is 6.81. The summed E-state index contributed by atoms with van der Waals surface area (Å²) in [5, 5.41) is 16.1. The van der Waals surface area contributed by atoms with Gasteiger partial charge in [-0.05, 0) is 24.8 Å². The maximum absolute atomic E-state index is 12.3. The number of hydrogen-bond donors (Lipinski definition) is 2. The third-order valence-corrected chi connectivity index (χ3v) is 3.11. The molecule has 1 aromatic rings. The van der Waals surface area contributed by atoms with Gasteiger partial charge < -0.3 is 10.4 Å². The zero-order valence-corrected chi connectivity index (χ0v) is 12.7. The van der Waals surface area contributed by atoms with Crippen LogP contribution in [-0.4, -0.2) is 32.8 Å².